The number of nitrogens with two attached hydrogens (primary N) is 1. The number of methoxy groups -OCH3 is 1. The van der Waals surface area contributed by atoms with Crippen molar-refractivity contribution < 1.29 is 14.5 Å². The Balaban J connectivity index is 3.04. The van der Waals surface area contributed by atoms with Crippen LogP contribution >= 0.6 is 0 Å². The number of non-ortho nitro benzene ring substituents is 1. The summed E-state index contributed by atoms with van der Waals surface area (Å²) in [7, 11) is 1.38. The second-order valence-corrected chi connectivity index (χ2v) is 4.46. The van der Waals surface area contributed by atoms with Crippen LogP contribution in [0.5, 0.6) is 5.75 Å². The van der Waals surface area contributed by atoms with Crippen molar-refractivity contribution in [2.24, 2.45) is 5.73 Å². The highest BCUT2D eigenvalue weighted by Crippen LogP contribution is 2.29. The highest BCUT2D eigenvalue weighted by Gasteiger charge is 2.30. The van der Waals surface area contributed by atoms with E-state index in [1.807, 2.05) is 13.8 Å². The number of carbonyl (C=O) groups excluding carboxylic acids is 1. The summed E-state index contributed by atoms with van der Waals surface area (Å²) in [6.45, 7) is 3.66. The number of amides is 1. The van der Waals surface area contributed by atoms with Gasteiger partial charge in [0.15, 0.2) is 0 Å². The number of nitro groups is 1. The summed E-state index contributed by atoms with van der Waals surface area (Å²) < 4.78 is 5.06. The predicted molar refractivity (Wildman–Crippen MR) is 75.8 cm³/mol. The molecule has 0 saturated carbocycles. The summed E-state index contributed by atoms with van der Waals surface area (Å²) >= 11 is 0. The molecular formula is C13H19N3O4. The maximum absolute atomic E-state index is 12.2. The van der Waals surface area contributed by atoms with Gasteiger partial charge in [0, 0.05) is 6.07 Å². The number of nitro benzene ring substituents is 1. The van der Waals surface area contributed by atoms with Crippen LogP contribution in [0.4, 0.5) is 11.4 Å². The van der Waals surface area contributed by atoms with Gasteiger partial charge in [0.2, 0.25) is 5.91 Å². The van der Waals surface area contributed by atoms with E-state index in [1.165, 1.54) is 25.3 Å². The zero-order valence-corrected chi connectivity index (χ0v) is 11.8. The van der Waals surface area contributed by atoms with Crippen LogP contribution in [-0.2, 0) is 4.79 Å². The van der Waals surface area contributed by atoms with Gasteiger partial charge in [-0.3, -0.25) is 14.9 Å². The Kier molecular flexibility index (Phi) is 5.04. The third-order valence-corrected chi connectivity index (χ3v) is 3.36. The van der Waals surface area contributed by atoms with Crippen molar-refractivity contribution >= 4 is 17.3 Å². The van der Waals surface area contributed by atoms with Gasteiger partial charge in [-0.05, 0) is 18.9 Å². The molecule has 0 aliphatic heterocycles. The van der Waals surface area contributed by atoms with Gasteiger partial charge in [-0.25, -0.2) is 0 Å². The van der Waals surface area contributed by atoms with E-state index in [1.54, 1.807) is 0 Å². The van der Waals surface area contributed by atoms with Gasteiger partial charge >= 0.3 is 0 Å². The maximum Gasteiger partial charge on any atom is 0.273 e. The van der Waals surface area contributed by atoms with Crippen LogP contribution in [-0.4, -0.2) is 23.5 Å². The number of hydrogen-bond acceptors (Lipinski definition) is 5. The Morgan fingerprint density at radius 1 is 1.45 bits per heavy atom. The van der Waals surface area contributed by atoms with Crippen LogP contribution < -0.4 is 15.8 Å². The van der Waals surface area contributed by atoms with Gasteiger partial charge in [0.25, 0.3) is 5.69 Å². The molecule has 1 rings (SSSR count). The zero-order valence-electron chi connectivity index (χ0n) is 11.8. The Bertz CT molecular complexity index is 512. The van der Waals surface area contributed by atoms with E-state index < -0.39 is 10.5 Å². The Morgan fingerprint density at radius 3 is 2.50 bits per heavy atom. The summed E-state index contributed by atoms with van der Waals surface area (Å²) in [4.78, 5) is 22.3. The quantitative estimate of drug-likeness (QED) is 0.613. The SMILES string of the molecule is CCC(N)(CC)C(=O)Nc1ccc([N+](=O)[O-])cc1OC. The standard InChI is InChI=1S/C13H19N3O4/c1-4-13(14,5-2)12(17)15-10-7-6-9(16(18)19)8-11(10)20-3/h6-8H,4-5,14H2,1-3H3,(H,15,17). The number of carbonyl (C=O) groups is 1. The molecule has 1 aromatic rings. The van der Waals surface area contributed by atoms with Gasteiger partial charge < -0.3 is 15.8 Å². The van der Waals surface area contributed by atoms with E-state index in [2.05, 4.69) is 5.32 Å². The Morgan fingerprint density at radius 2 is 2.05 bits per heavy atom. The minimum atomic E-state index is -0.965. The van der Waals surface area contributed by atoms with Crippen molar-refractivity contribution in [3.8, 4) is 5.75 Å². The number of anilines is 1. The molecule has 0 bridgehead atoms. The molecular weight excluding hydrogens is 262 g/mol. The number of ether oxygens (including phenoxy) is 1. The molecule has 0 radical (unpaired) electrons. The lowest BCUT2D eigenvalue weighted by atomic mass is 9.93. The first-order chi connectivity index (χ1) is 9.37. The molecule has 1 amide bonds. The fourth-order valence-corrected chi connectivity index (χ4v) is 1.71. The molecule has 0 saturated heterocycles. The topological polar surface area (TPSA) is 107 Å². The smallest absolute Gasteiger partial charge is 0.273 e. The summed E-state index contributed by atoms with van der Waals surface area (Å²) in [5.74, 6) is -0.114. The lowest BCUT2D eigenvalue weighted by Crippen LogP contribution is -2.50. The van der Waals surface area contributed by atoms with Crippen molar-refractivity contribution in [1.29, 1.82) is 0 Å². The molecule has 0 aliphatic rings. The molecule has 0 unspecified atom stereocenters. The van der Waals surface area contributed by atoms with Crippen molar-refractivity contribution in [3.63, 3.8) is 0 Å². The first-order valence-corrected chi connectivity index (χ1v) is 6.30. The average molecular weight is 281 g/mol. The number of nitrogens with one attached hydrogen (secondary N) is 1. The second-order valence-electron chi connectivity index (χ2n) is 4.46. The van der Waals surface area contributed by atoms with E-state index in [-0.39, 0.29) is 17.3 Å². The number of nitrogens with zero attached hydrogens (tertiary/aromatic N) is 1. The second kappa shape index (κ2) is 6.33. The van der Waals surface area contributed by atoms with Crippen LogP contribution in [0.3, 0.4) is 0 Å². The number of rotatable bonds is 6. The van der Waals surface area contributed by atoms with Crippen LogP contribution in [0.15, 0.2) is 18.2 Å². The summed E-state index contributed by atoms with van der Waals surface area (Å²) in [6, 6.07) is 3.99. The van der Waals surface area contributed by atoms with Gasteiger partial charge in [0.1, 0.15) is 5.75 Å². The van der Waals surface area contributed by atoms with Crippen molar-refractivity contribution in [3.05, 3.63) is 28.3 Å². The van der Waals surface area contributed by atoms with Gasteiger partial charge in [-0.1, -0.05) is 13.8 Å². The van der Waals surface area contributed by atoms with E-state index >= 15 is 0 Å². The first kappa shape index (κ1) is 15.9. The predicted octanol–water partition coefficient (Wildman–Crippen LogP) is 2.06. The van der Waals surface area contributed by atoms with E-state index in [9.17, 15) is 14.9 Å². The Hall–Kier alpha value is -2.15. The van der Waals surface area contributed by atoms with E-state index in [0.29, 0.717) is 18.5 Å². The largest absolute Gasteiger partial charge is 0.494 e. The summed E-state index contributed by atoms with van der Waals surface area (Å²) in [6.07, 6.45) is 0.981. The van der Waals surface area contributed by atoms with Crippen LogP contribution in [0.1, 0.15) is 26.7 Å². The molecule has 0 heterocycles. The van der Waals surface area contributed by atoms with Crippen LogP contribution in [0, 0.1) is 10.1 Å². The highest BCUT2D eigenvalue weighted by atomic mass is 16.6. The molecule has 0 atom stereocenters. The average Bonchev–Trinajstić information content (AvgIpc) is 2.46. The lowest BCUT2D eigenvalue weighted by molar-refractivity contribution is -0.384. The van der Waals surface area contributed by atoms with Gasteiger partial charge in [-0.2, -0.15) is 0 Å². The molecule has 0 aliphatic carbocycles. The molecule has 3 N–H and O–H groups in total. The number of benzene rings is 1. The fraction of sp³-hybridized carbons (Fsp3) is 0.462. The maximum atomic E-state index is 12.2. The zero-order chi connectivity index (χ0) is 15.3. The molecule has 0 aromatic heterocycles. The Labute approximate surface area is 117 Å². The molecule has 0 spiro atoms. The van der Waals surface area contributed by atoms with Crippen molar-refractivity contribution in [2.75, 3.05) is 12.4 Å². The van der Waals surface area contributed by atoms with Crippen molar-refractivity contribution in [1.82, 2.24) is 0 Å². The molecule has 7 heteroatoms. The van der Waals surface area contributed by atoms with E-state index in [4.69, 9.17) is 10.5 Å². The van der Waals surface area contributed by atoms with E-state index in [0.717, 1.165) is 0 Å². The minimum absolute atomic E-state index is 0.107. The number of hydrogen-bond donors (Lipinski definition) is 2. The minimum Gasteiger partial charge on any atom is -0.494 e. The van der Waals surface area contributed by atoms with Crippen molar-refractivity contribution in [2.45, 2.75) is 32.2 Å². The lowest BCUT2D eigenvalue weighted by Gasteiger charge is -2.25. The molecule has 110 valence electrons. The van der Waals surface area contributed by atoms with Crippen LogP contribution in [0.25, 0.3) is 0 Å². The van der Waals surface area contributed by atoms with Gasteiger partial charge in [0.05, 0.1) is 29.3 Å². The molecule has 0 fully saturated rings. The van der Waals surface area contributed by atoms with Gasteiger partial charge in [-0.15, -0.1) is 0 Å². The first-order valence-electron chi connectivity index (χ1n) is 6.30. The monoisotopic (exact) mass is 281 g/mol. The third-order valence-electron chi connectivity index (χ3n) is 3.36. The summed E-state index contributed by atoms with van der Waals surface area (Å²) in [5, 5.41) is 13.4. The summed E-state index contributed by atoms with van der Waals surface area (Å²) in [5.41, 5.74) is 5.29. The highest BCUT2D eigenvalue weighted by molar-refractivity contribution is 5.99. The fourth-order valence-electron chi connectivity index (χ4n) is 1.71. The molecule has 20 heavy (non-hydrogen) atoms. The molecule has 7 nitrogen and oxygen atoms in total. The molecule has 1 aromatic carbocycles. The third kappa shape index (κ3) is 3.24. The van der Waals surface area contributed by atoms with Crippen LogP contribution in [0.2, 0.25) is 0 Å². The normalized spacial score (nSPS) is 11.0.